The summed E-state index contributed by atoms with van der Waals surface area (Å²) in [5.41, 5.74) is 3.21. The van der Waals surface area contributed by atoms with E-state index in [2.05, 4.69) is 17.2 Å². The first-order chi connectivity index (χ1) is 18.4. The first-order valence-corrected chi connectivity index (χ1v) is 13.6. The Morgan fingerprint density at radius 3 is 2.46 bits per heavy atom. The van der Waals surface area contributed by atoms with E-state index >= 15 is 0 Å². The summed E-state index contributed by atoms with van der Waals surface area (Å²) < 4.78 is 27.7. The number of benzene rings is 1. The molecule has 0 aliphatic carbocycles. The molecule has 0 saturated carbocycles. The molecule has 9 heteroatoms. The maximum absolute atomic E-state index is 14.6. The lowest BCUT2D eigenvalue weighted by Crippen LogP contribution is -2.52. The minimum absolute atomic E-state index is 0.118. The number of pyridine rings is 1. The number of halogens is 1. The summed E-state index contributed by atoms with van der Waals surface area (Å²) in [5, 5.41) is 0. The third kappa shape index (κ3) is 5.50. The Hall–Kier alpha value is -3.46. The lowest BCUT2D eigenvalue weighted by Gasteiger charge is -2.40. The predicted octanol–water partition coefficient (Wildman–Crippen LogP) is 5.11. The average molecular weight is 537 g/mol. The van der Waals surface area contributed by atoms with Gasteiger partial charge in [-0.2, -0.15) is 0 Å². The van der Waals surface area contributed by atoms with Crippen LogP contribution in [0.1, 0.15) is 56.4 Å². The number of likely N-dealkylation sites (tertiary alicyclic amines) is 1. The zero-order valence-corrected chi connectivity index (χ0v) is 23.5. The summed E-state index contributed by atoms with van der Waals surface area (Å²) in [7, 11) is 0. The van der Waals surface area contributed by atoms with Gasteiger partial charge in [-0.25, -0.2) is 14.2 Å². The summed E-state index contributed by atoms with van der Waals surface area (Å²) in [6.45, 7) is 13.6. The van der Waals surface area contributed by atoms with Crippen LogP contribution in [-0.4, -0.2) is 75.2 Å². The van der Waals surface area contributed by atoms with E-state index < -0.39 is 11.4 Å². The average Bonchev–Trinajstić information content (AvgIpc) is 3.20. The second-order valence-corrected chi connectivity index (χ2v) is 11.9. The number of hydrogen-bond donors (Lipinski definition) is 0. The first kappa shape index (κ1) is 27.1. The van der Waals surface area contributed by atoms with Gasteiger partial charge in [0, 0.05) is 24.8 Å². The molecule has 2 aliphatic heterocycles. The molecule has 4 heterocycles. The van der Waals surface area contributed by atoms with E-state index in [0.717, 1.165) is 28.9 Å². The van der Waals surface area contributed by atoms with E-state index in [4.69, 9.17) is 9.47 Å². The van der Waals surface area contributed by atoms with Gasteiger partial charge in [-0.1, -0.05) is 6.07 Å². The van der Waals surface area contributed by atoms with Gasteiger partial charge in [0.05, 0.1) is 42.6 Å². The first-order valence-electron chi connectivity index (χ1n) is 13.6. The van der Waals surface area contributed by atoms with Crippen molar-refractivity contribution in [1.82, 2.24) is 19.2 Å². The molecule has 2 atom stereocenters. The van der Waals surface area contributed by atoms with Crippen molar-refractivity contribution in [2.45, 2.75) is 65.6 Å². The van der Waals surface area contributed by atoms with Gasteiger partial charge in [0.2, 0.25) is 0 Å². The topological polar surface area (TPSA) is 76.4 Å². The van der Waals surface area contributed by atoms with Crippen molar-refractivity contribution < 1.29 is 23.5 Å². The fourth-order valence-electron chi connectivity index (χ4n) is 5.59. The van der Waals surface area contributed by atoms with Crippen molar-refractivity contribution in [1.29, 1.82) is 0 Å². The van der Waals surface area contributed by atoms with Crippen LogP contribution >= 0.6 is 0 Å². The van der Waals surface area contributed by atoms with Crippen LogP contribution in [-0.2, 0) is 15.9 Å². The lowest BCUT2D eigenvalue weighted by atomic mass is 9.90. The van der Waals surface area contributed by atoms with E-state index in [1.54, 1.807) is 22.1 Å². The van der Waals surface area contributed by atoms with Crippen LogP contribution in [0.3, 0.4) is 0 Å². The van der Waals surface area contributed by atoms with Gasteiger partial charge in [0.15, 0.2) is 0 Å². The number of amides is 2. The second-order valence-electron chi connectivity index (χ2n) is 11.9. The molecule has 208 valence electrons. The normalized spacial score (nSPS) is 20.3. The number of morpholine rings is 1. The molecule has 2 aromatic heterocycles. The number of imidazole rings is 1. The van der Waals surface area contributed by atoms with Crippen LogP contribution < -0.4 is 0 Å². The third-order valence-electron chi connectivity index (χ3n) is 7.42. The van der Waals surface area contributed by atoms with Gasteiger partial charge in [0.1, 0.15) is 17.2 Å². The van der Waals surface area contributed by atoms with Crippen LogP contribution in [0, 0.1) is 18.7 Å². The predicted molar refractivity (Wildman–Crippen MR) is 146 cm³/mol. The largest absolute Gasteiger partial charge is 0.444 e. The molecule has 0 spiro atoms. The second kappa shape index (κ2) is 10.3. The fourth-order valence-corrected chi connectivity index (χ4v) is 5.59. The Morgan fingerprint density at radius 1 is 1.10 bits per heavy atom. The van der Waals surface area contributed by atoms with Crippen LogP contribution in [0.5, 0.6) is 0 Å². The van der Waals surface area contributed by atoms with Crippen LogP contribution in [0.15, 0.2) is 36.7 Å². The van der Waals surface area contributed by atoms with Crippen molar-refractivity contribution >= 4 is 17.5 Å². The molecule has 0 unspecified atom stereocenters. The van der Waals surface area contributed by atoms with Crippen LogP contribution in [0.25, 0.3) is 16.6 Å². The molecular weight excluding hydrogens is 499 g/mol. The summed E-state index contributed by atoms with van der Waals surface area (Å²) in [4.78, 5) is 34.3. The standard InChI is InChI=1S/C30H37FN4O4/c1-18-16-38-17-19(2)35(18)28(36)26-11-23(31)7-8-24(26)25-10-21(15-34-20(3)32-12-27(25)34)9-22-13-33(14-22)29(37)39-30(4,5)6/h7-8,10-12,15,18-19,22H,9,13-14,16-17H2,1-6H3/t18-,19-/m1/s1. The van der Waals surface area contributed by atoms with E-state index in [1.165, 1.54) is 12.1 Å². The van der Waals surface area contributed by atoms with Crippen molar-refractivity contribution in [2.24, 2.45) is 5.92 Å². The number of fused-ring (bicyclic) bond motifs is 1. The molecule has 5 rings (SSSR count). The molecular formula is C30H37FN4O4. The molecule has 0 radical (unpaired) electrons. The minimum Gasteiger partial charge on any atom is -0.444 e. The van der Waals surface area contributed by atoms with Gasteiger partial charge in [-0.3, -0.25) is 4.79 Å². The summed E-state index contributed by atoms with van der Waals surface area (Å²) >= 11 is 0. The Balaban J connectivity index is 1.47. The number of carbonyl (C=O) groups is 2. The molecule has 8 nitrogen and oxygen atoms in total. The molecule has 0 N–H and O–H groups in total. The Bertz CT molecular complexity index is 1400. The fraction of sp³-hybridized carbons (Fsp3) is 0.500. The molecule has 39 heavy (non-hydrogen) atoms. The number of hydrogen-bond acceptors (Lipinski definition) is 5. The van der Waals surface area contributed by atoms with Gasteiger partial charge in [0.25, 0.3) is 5.91 Å². The maximum Gasteiger partial charge on any atom is 0.410 e. The Labute approximate surface area is 228 Å². The highest BCUT2D eigenvalue weighted by atomic mass is 19.1. The monoisotopic (exact) mass is 536 g/mol. The quantitative estimate of drug-likeness (QED) is 0.463. The van der Waals surface area contributed by atoms with E-state index in [1.807, 2.05) is 45.9 Å². The number of carbonyl (C=O) groups excluding carboxylic acids is 2. The van der Waals surface area contributed by atoms with E-state index in [9.17, 15) is 14.0 Å². The van der Waals surface area contributed by atoms with E-state index in [0.29, 0.717) is 37.4 Å². The number of aryl methyl sites for hydroxylation is 1. The van der Waals surface area contributed by atoms with Gasteiger partial charge < -0.3 is 23.7 Å². The van der Waals surface area contributed by atoms with Crippen molar-refractivity contribution in [3.63, 3.8) is 0 Å². The number of ether oxygens (including phenoxy) is 2. The highest BCUT2D eigenvalue weighted by Gasteiger charge is 2.35. The van der Waals surface area contributed by atoms with Crippen molar-refractivity contribution in [3.8, 4) is 11.1 Å². The zero-order chi connectivity index (χ0) is 28.1. The molecule has 2 aliphatic rings. The third-order valence-corrected chi connectivity index (χ3v) is 7.42. The molecule has 2 amide bonds. The summed E-state index contributed by atoms with van der Waals surface area (Å²) in [6.07, 6.45) is 4.32. The molecule has 1 aromatic carbocycles. The Kier molecular flexibility index (Phi) is 7.13. The Morgan fingerprint density at radius 2 is 1.79 bits per heavy atom. The zero-order valence-electron chi connectivity index (χ0n) is 23.5. The van der Waals surface area contributed by atoms with E-state index in [-0.39, 0.29) is 30.0 Å². The molecule has 2 fully saturated rings. The van der Waals surface area contributed by atoms with Crippen molar-refractivity contribution in [3.05, 3.63) is 59.4 Å². The SMILES string of the molecule is Cc1ncc2c(-c3ccc(F)cc3C(=O)N3[C@H](C)COC[C@H]3C)cc(CC3CN(C(=O)OC(C)(C)C)C3)cn12. The number of aromatic nitrogens is 2. The maximum atomic E-state index is 14.6. The lowest BCUT2D eigenvalue weighted by molar-refractivity contribution is -0.0249. The number of rotatable bonds is 4. The summed E-state index contributed by atoms with van der Waals surface area (Å²) in [6, 6.07) is 6.26. The molecule has 3 aromatic rings. The smallest absolute Gasteiger partial charge is 0.410 e. The molecule has 0 bridgehead atoms. The van der Waals surface area contributed by atoms with Crippen molar-refractivity contribution in [2.75, 3.05) is 26.3 Å². The van der Waals surface area contributed by atoms with Gasteiger partial charge >= 0.3 is 6.09 Å². The molecule has 2 saturated heterocycles. The number of nitrogens with zero attached hydrogens (tertiary/aromatic N) is 4. The minimum atomic E-state index is -0.526. The van der Waals surface area contributed by atoms with Crippen LogP contribution in [0.2, 0.25) is 0 Å². The van der Waals surface area contributed by atoms with Gasteiger partial charge in [-0.15, -0.1) is 0 Å². The van der Waals surface area contributed by atoms with Crippen LogP contribution in [0.4, 0.5) is 9.18 Å². The highest BCUT2D eigenvalue weighted by molar-refractivity contribution is 6.03. The summed E-state index contributed by atoms with van der Waals surface area (Å²) in [5.74, 6) is 0.447. The van der Waals surface area contributed by atoms with Gasteiger partial charge in [-0.05, 0) is 83.2 Å². The highest BCUT2D eigenvalue weighted by Crippen LogP contribution is 2.33.